The highest BCUT2D eigenvalue weighted by molar-refractivity contribution is 5.94. The SMILES string of the molecule is NC(C(=O)N1CCCC(CNC(=O)c2ccccc2)C1)C1CCOCC1. The van der Waals surface area contributed by atoms with Crippen LogP contribution in [0.3, 0.4) is 0 Å². The summed E-state index contributed by atoms with van der Waals surface area (Å²) in [7, 11) is 0. The first-order valence-electron chi connectivity index (χ1n) is 9.60. The molecule has 2 amide bonds. The van der Waals surface area contributed by atoms with Gasteiger partial charge in [0, 0.05) is 38.4 Å². The van der Waals surface area contributed by atoms with Crippen LogP contribution in [0, 0.1) is 11.8 Å². The van der Waals surface area contributed by atoms with E-state index in [0.717, 1.165) is 32.2 Å². The zero-order chi connectivity index (χ0) is 18.4. The Morgan fingerprint density at radius 3 is 2.65 bits per heavy atom. The molecule has 2 saturated heterocycles. The maximum atomic E-state index is 12.8. The first kappa shape index (κ1) is 18.9. The Hall–Kier alpha value is -1.92. The van der Waals surface area contributed by atoms with E-state index < -0.39 is 6.04 Å². The summed E-state index contributed by atoms with van der Waals surface area (Å²) in [6, 6.07) is 8.78. The van der Waals surface area contributed by atoms with E-state index in [1.165, 1.54) is 0 Å². The van der Waals surface area contributed by atoms with E-state index in [2.05, 4.69) is 5.32 Å². The Bertz CT molecular complexity index is 602. The molecule has 2 aliphatic heterocycles. The maximum absolute atomic E-state index is 12.8. The lowest BCUT2D eigenvalue weighted by Crippen LogP contribution is -2.52. The molecule has 2 fully saturated rings. The molecule has 1 aromatic carbocycles. The zero-order valence-corrected chi connectivity index (χ0v) is 15.2. The average Bonchev–Trinajstić information content (AvgIpc) is 2.72. The summed E-state index contributed by atoms with van der Waals surface area (Å²) in [4.78, 5) is 26.9. The highest BCUT2D eigenvalue weighted by atomic mass is 16.5. The number of carbonyl (C=O) groups excluding carboxylic acids is 2. The topological polar surface area (TPSA) is 84.7 Å². The van der Waals surface area contributed by atoms with Gasteiger partial charge in [0.05, 0.1) is 6.04 Å². The number of likely N-dealkylation sites (tertiary alicyclic amines) is 1. The molecule has 3 N–H and O–H groups in total. The Kier molecular flexibility index (Phi) is 6.63. The predicted molar refractivity (Wildman–Crippen MR) is 99.6 cm³/mol. The van der Waals surface area contributed by atoms with Gasteiger partial charge >= 0.3 is 0 Å². The largest absolute Gasteiger partial charge is 0.381 e. The smallest absolute Gasteiger partial charge is 0.251 e. The van der Waals surface area contributed by atoms with Gasteiger partial charge in [-0.1, -0.05) is 18.2 Å². The molecule has 0 aliphatic carbocycles. The molecule has 1 aromatic rings. The molecule has 2 heterocycles. The van der Waals surface area contributed by atoms with Crippen LogP contribution >= 0.6 is 0 Å². The summed E-state index contributed by atoms with van der Waals surface area (Å²) in [6.45, 7) is 3.41. The third kappa shape index (κ3) is 4.83. The highest BCUT2D eigenvalue weighted by Crippen LogP contribution is 2.22. The third-order valence-electron chi connectivity index (χ3n) is 5.48. The van der Waals surface area contributed by atoms with Gasteiger partial charge in [-0.15, -0.1) is 0 Å². The maximum Gasteiger partial charge on any atom is 0.251 e. The first-order chi connectivity index (χ1) is 12.6. The lowest BCUT2D eigenvalue weighted by molar-refractivity contribution is -0.136. The van der Waals surface area contributed by atoms with Gasteiger partial charge in [0.25, 0.3) is 5.91 Å². The Balaban J connectivity index is 1.49. The highest BCUT2D eigenvalue weighted by Gasteiger charge is 2.32. The fourth-order valence-corrected chi connectivity index (χ4v) is 3.85. The van der Waals surface area contributed by atoms with Gasteiger partial charge in [0.1, 0.15) is 0 Å². The van der Waals surface area contributed by atoms with Crippen LogP contribution < -0.4 is 11.1 Å². The van der Waals surface area contributed by atoms with E-state index in [9.17, 15) is 9.59 Å². The first-order valence-corrected chi connectivity index (χ1v) is 9.60. The molecule has 0 spiro atoms. The molecule has 6 heteroatoms. The van der Waals surface area contributed by atoms with Gasteiger partial charge in [-0.05, 0) is 49.7 Å². The van der Waals surface area contributed by atoms with Crippen molar-refractivity contribution in [3.05, 3.63) is 35.9 Å². The summed E-state index contributed by atoms with van der Waals surface area (Å²) in [5.41, 5.74) is 6.91. The van der Waals surface area contributed by atoms with E-state index >= 15 is 0 Å². The molecule has 0 aromatic heterocycles. The van der Waals surface area contributed by atoms with Crippen molar-refractivity contribution in [3.8, 4) is 0 Å². The number of nitrogens with zero attached hydrogens (tertiary/aromatic N) is 1. The normalized spacial score (nSPS) is 22.7. The van der Waals surface area contributed by atoms with Crippen molar-refractivity contribution in [3.63, 3.8) is 0 Å². The second kappa shape index (κ2) is 9.14. The van der Waals surface area contributed by atoms with Crippen molar-refractivity contribution < 1.29 is 14.3 Å². The summed E-state index contributed by atoms with van der Waals surface area (Å²) >= 11 is 0. The lowest BCUT2D eigenvalue weighted by Gasteiger charge is -2.36. The summed E-state index contributed by atoms with van der Waals surface area (Å²) < 4.78 is 5.36. The van der Waals surface area contributed by atoms with Crippen molar-refractivity contribution in [2.24, 2.45) is 17.6 Å². The zero-order valence-electron chi connectivity index (χ0n) is 15.2. The van der Waals surface area contributed by atoms with Gasteiger partial charge in [-0.3, -0.25) is 9.59 Å². The average molecular weight is 359 g/mol. The standard InChI is InChI=1S/C20H29N3O3/c21-18(16-8-11-26-12-9-16)20(25)23-10-4-5-15(14-23)13-22-19(24)17-6-2-1-3-7-17/h1-3,6-7,15-16,18H,4-5,8-14,21H2,(H,22,24). The molecule has 2 unspecified atom stereocenters. The van der Waals surface area contributed by atoms with Crippen LogP contribution in [0.5, 0.6) is 0 Å². The number of ether oxygens (including phenoxy) is 1. The van der Waals surface area contributed by atoms with Crippen LogP contribution in [0.25, 0.3) is 0 Å². The monoisotopic (exact) mass is 359 g/mol. The van der Waals surface area contributed by atoms with Gasteiger partial charge in [0.2, 0.25) is 5.91 Å². The number of rotatable bonds is 5. The molecule has 6 nitrogen and oxygen atoms in total. The number of nitrogens with one attached hydrogen (secondary N) is 1. The molecule has 0 radical (unpaired) electrons. The Labute approximate surface area is 155 Å². The fraction of sp³-hybridized carbons (Fsp3) is 0.600. The van der Waals surface area contributed by atoms with Crippen LogP contribution in [-0.2, 0) is 9.53 Å². The molecule has 142 valence electrons. The summed E-state index contributed by atoms with van der Waals surface area (Å²) in [6.07, 6.45) is 3.69. The third-order valence-corrected chi connectivity index (χ3v) is 5.48. The molecule has 2 atom stereocenters. The molecule has 0 saturated carbocycles. The number of carbonyl (C=O) groups is 2. The second-order valence-corrected chi connectivity index (χ2v) is 7.34. The minimum Gasteiger partial charge on any atom is -0.381 e. The number of benzene rings is 1. The quantitative estimate of drug-likeness (QED) is 0.832. The van der Waals surface area contributed by atoms with E-state index in [1.807, 2.05) is 23.1 Å². The van der Waals surface area contributed by atoms with Gasteiger partial charge in [-0.25, -0.2) is 0 Å². The van der Waals surface area contributed by atoms with E-state index in [4.69, 9.17) is 10.5 Å². The van der Waals surface area contributed by atoms with Crippen molar-refractivity contribution in [1.82, 2.24) is 10.2 Å². The minimum absolute atomic E-state index is 0.0518. The van der Waals surface area contributed by atoms with Crippen LogP contribution in [0.2, 0.25) is 0 Å². The van der Waals surface area contributed by atoms with Crippen LogP contribution in [0.1, 0.15) is 36.0 Å². The predicted octanol–water partition coefficient (Wildman–Crippen LogP) is 1.41. The number of hydrogen-bond donors (Lipinski definition) is 2. The van der Waals surface area contributed by atoms with Crippen LogP contribution in [-0.4, -0.2) is 55.6 Å². The number of piperidine rings is 1. The fourth-order valence-electron chi connectivity index (χ4n) is 3.85. The lowest BCUT2D eigenvalue weighted by atomic mass is 9.90. The van der Waals surface area contributed by atoms with Crippen molar-refractivity contribution >= 4 is 11.8 Å². The van der Waals surface area contributed by atoms with E-state index in [-0.39, 0.29) is 23.7 Å². The van der Waals surface area contributed by atoms with E-state index in [0.29, 0.717) is 31.9 Å². The number of nitrogens with two attached hydrogens (primary N) is 1. The molecule has 26 heavy (non-hydrogen) atoms. The molecular weight excluding hydrogens is 330 g/mol. The van der Waals surface area contributed by atoms with Gasteiger partial charge in [-0.2, -0.15) is 0 Å². The number of amides is 2. The van der Waals surface area contributed by atoms with Crippen LogP contribution in [0.15, 0.2) is 30.3 Å². The Morgan fingerprint density at radius 2 is 1.92 bits per heavy atom. The van der Waals surface area contributed by atoms with E-state index in [1.54, 1.807) is 12.1 Å². The minimum atomic E-state index is -0.434. The second-order valence-electron chi connectivity index (χ2n) is 7.34. The molecule has 2 aliphatic rings. The molecule has 3 rings (SSSR count). The Morgan fingerprint density at radius 1 is 1.19 bits per heavy atom. The molecule has 0 bridgehead atoms. The summed E-state index contributed by atoms with van der Waals surface area (Å²) in [5.74, 6) is 0.487. The summed E-state index contributed by atoms with van der Waals surface area (Å²) in [5, 5.41) is 3.00. The van der Waals surface area contributed by atoms with Crippen molar-refractivity contribution in [1.29, 1.82) is 0 Å². The van der Waals surface area contributed by atoms with Crippen molar-refractivity contribution in [2.45, 2.75) is 31.7 Å². The van der Waals surface area contributed by atoms with Crippen LogP contribution in [0.4, 0.5) is 0 Å². The van der Waals surface area contributed by atoms with Gasteiger partial charge < -0.3 is 20.7 Å². The number of hydrogen-bond acceptors (Lipinski definition) is 4. The molecular formula is C20H29N3O3. The van der Waals surface area contributed by atoms with Gasteiger partial charge in [0.15, 0.2) is 0 Å². The van der Waals surface area contributed by atoms with Crippen molar-refractivity contribution in [2.75, 3.05) is 32.8 Å².